The van der Waals surface area contributed by atoms with Gasteiger partial charge in [0.1, 0.15) is 11.6 Å². The molecule has 1 rings (SSSR count). The van der Waals surface area contributed by atoms with E-state index < -0.39 is 0 Å². The highest BCUT2D eigenvalue weighted by molar-refractivity contribution is 5.62. The SMILES string of the molecule is CCCCCCCCCCCCCCCCc1c(N)cc(N)nc1N. The van der Waals surface area contributed by atoms with E-state index in [1.54, 1.807) is 6.07 Å². The second kappa shape index (κ2) is 13.8. The quantitative estimate of drug-likeness (QED) is 0.347. The van der Waals surface area contributed by atoms with Crippen LogP contribution < -0.4 is 17.2 Å². The Hall–Kier alpha value is -1.45. The van der Waals surface area contributed by atoms with E-state index >= 15 is 0 Å². The summed E-state index contributed by atoms with van der Waals surface area (Å²) in [6.45, 7) is 2.28. The Morgan fingerprint density at radius 3 is 1.56 bits per heavy atom. The Labute approximate surface area is 155 Å². The molecule has 0 aliphatic heterocycles. The summed E-state index contributed by atoms with van der Waals surface area (Å²) in [5.41, 5.74) is 19.2. The van der Waals surface area contributed by atoms with E-state index in [9.17, 15) is 0 Å². The third-order valence-corrected chi connectivity index (χ3v) is 4.99. The van der Waals surface area contributed by atoms with Crippen LogP contribution in [-0.4, -0.2) is 4.98 Å². The van der Waals surface area contributed by atoms with Gasteiger partial charge < -0.3 is 17.2 Å². The zero-order valence-electron chi connectivity index (χ0n) is 16.4. The zero-order valence-corrected chi connectivity index (χ0v) is 16.4. The van der Waals surface area contributed by atoms with Gasteiger partial charge in [0.25, 0.3) is 0 Å². The molecule has 4 nitrogen and oxygen atoms in total. The molecule has 0 aliphatic carbocycles. The van der Waals surface area contributed by atoms with Gasteiger partial charge in [-0.1, -0.05) is 90.4 Å². The molecule has 6 N–H and O–H groups in total. The highest BCUT2D eigenvalue weighted by atomic mass is 14.9. The predicted molar refractivity (Wildman–Crippen MR) is 111 cm³/mol. The topological polar surface area (TPSA) is 91.0 Å². The van der Waals surface area contributed by atoms with E-state index in [0.717, 1.165) is 18.4 Å². The molecule has 0 saturated heterocycles. The number of anilines is 3. The minimum Gasteiger partial charge on any atom is -0.398 e. The summed E-state index contributed by atoms with van der Waals surface area (Å²) < 4.78 is 0. The fourth-order valence-corrected chi connectivity index (χ4v) is 3.40. The normalized spacial score (nSPS) is 11.1. The second-order valence-electron chi connectivity index (χ2n) is 7.35. The van der Waals surface area contributed by atoms with Crippen LogP contribution in [0.2, 0.25) is 0 Å². The standard InChI is InChI=1S/C21H40N4/c1-2-3-4-5-6-7-8-9-10-11-12-13-14-15-16-18-19(22)17-20(23)25-21(18)24/h17H,2-16H2,1H3,(H6,22,23,24,25). The van der Waals surface area contributed by atoms with Crippen LogP contribution in [0.3, 0.4) is 0 Å². The van der Waals surface area contributed by atoms with Crippen molar-refractivity contribution in [3.63, 3.8) is 0 Å². The van der Waals surface area contributed by atoms with Crippen LogP contribution in [0.5, 0.6) is 0 Å². The highest BCUT2D eigenvalue weighted by Gasteiger charge is 2.06. The number of pyridine rings is 1. The predicted octanol–water partition coefficient (Wildman–Crippen LogP) is 5.85. The lowest BCUT2D eigenvalue weighted by molar-refractivity contribution is 0.535. The zero-order chi connectivity index (χ0) is 18.3. The number of hydrogen-bond donors (Lipinski definition) is 3. The number of unbranched alkanes of at least 4 members (excludes halogenated alkanes) is 13. The summed E-state index contributed by atoms with van der Waals surface area (Å²) in [5.74, 6) is 0.895. The number of nitrogen functional groups attached to an aromatic ring is 3. The molecule has 0 unspecified atom stereocenters. The Bertz CT molecular complexity index is 436. The maximum atomic E-state index is 5.98. The lowest BCUT2D eigenvalue weighted by atomic mass is 10.0. The van der Waals surface area contributed by atoms with Crippen molar-refractivity contribution in [3.05, 3.63) is 11.6 Å². The number of hydrogen-bond acceptors (Lipinski definition) is 4. The third kappa shape index (κ3) is 10.2. The van der Waals surface area contributed by atoms with Crippen molar-refractivity contribution in [1.82, 2.24) is 4.98 Å². The maximum Gasteiger partial charge on any atom is 0.131 e. The van der Waals surface area contributed by atoms with E-state index in [1.165, 1.54) is 83.5 Å². The van der Waals surface area contributed by atoms with E-state index in [-0.39, 0.29) is 0 Å². The number of nitrogens with two attached hydrogens (primary N) is 3. The lowest BCUT2D eigenvalue weighted by Crippen LogP contribution is -2.05. The van der Waals surface area contributed by atoms with Crippen molar-refractivity contribution in [3.8, 4) is 0 Å². The van der Waals surface area contributed by atoms with E-state index in [2.05, 4.69) is 11.9 Å². The van der Waals surface area contributed by atoms with Gasteiger partial charge in [-0.15, -0.1) is 0 Å². The Morgan fingerprint density at radius 1 is 0.680 bits per heavy atom. The van der Waals surface area contributed by atoms with Crippen molar-refractivity contribution in [2.24, 2.45) is 0 Å². The number of nitrogens with zero attached hydrogens (tertiary/aromatic N) is 1. The van der Waals surface area contributed by atoms with Crippen LogP contribution in [0.4, 0.5) is 17.3 Å². The molecule has 144 valence electrons. The van der Waals surface area contributed by atoms with Crippen LogP contribution in [-0.2, 0) is 6.42 Å². The van der Waals surface area contributed by atoms with E-state index in [1.807, 2.05) is 0 Å². The van der Waals surface area contributed by atoms with Gasteiger partial charge in [0.05, 0.1) is 0 Å². The first-order valence-corrected chi connectivity index (χ1v) is 10.5. The summed E-state index contributed by atoms with van der Waals surface area (Å²) in [6.07, 6.45) is 20.0. The number of rotatable bonds is 15. The maximum absolute atomic E-state index is 5.98. The van der Waals surface area contributed by atoms with Gasteiger partial charge in [0.15, 0.2) is 0 Å². The van der Waals surface area contributed by atoms with Gasteiger partial charge in [-0.3, -0.25) is 0 Å². The first-order chi connectivity index (χ1) is 12.1. The van der Waals surface area contributed by atoms with Gasteiger partial charge in [-0.05, 0) is 12.8 Å². The monoisotopic (exact) mass is 348 g/mol. The van der Waals surface area contributed by atoms with Gasteiger partial charge >= 0.3 is 0 Å². The number of aromatic nitrogens is 1. The summed E-state index contributed by atoms with van der Waals surface area (Å²) in [4.78, 5) is 4.09. The molecule has 4 heteroatoms. The summed E-state index contributed by atoms with van der Waals surface area (Å²) in [5, 5.41) is 0. The van der Waals surface area contributed by atoms with Crippen LogP contribution in [0.1, 0.15) is 102 Å². The molecule has 0 amide bonds. The van der Waals surface area contributed by atoms with Gasteiger partial charge in [0.2, 0.25) is 0 Å². The molecule has 0 aromatic carbocycles. The molecule has 0 radical (unpaired) electrons. The molecule has 0 aliphatic rings. The average molecular weight is 349 g/mol. The Kier molecular flexibility index (Phi) is 11.9. The van der Waals surface area contributed by atoms with Crippen molar-refractivity contribution >= 4 is 17.3 Å². The molecule has 1 aromatic rings. The van der Waals surface area contributed by atoms with Crippen LogP contribution in [0, 0.1) is 0 Å². The Balaban J connectivity index is 1.91. The van der Waals surface area contributed by atoms with Crippen LogP contribution >= 0.6 is 0 Å². The van der Waals surface area contributed by atoms with Gasteiger partial charge in [0, 0.05) is 17.3 Å². The minimum absolute atomic E-state index is 0.403. The highest BCUT2D eigenvalue weighted by Crippen LogP contribution is 2.22. The van der Waals surface area contributed by atoms with E-state index in [4.69, 9.17) is 17.2 Å². The molecular weight excluding hydrogens is 308 g/mol. The van der Waals surface area contributed by atoms with Crippen molar-refractivity contribution < 1.29 is 0 Å². The molecule has 25 heavy (non-hydrogen) atoms. The Morgan fingerprint density at radius 2 is 1.12 bits per heavy atom. The average Bonchev–Trinajstić information content (AvgIpc) is 2.57. The molecule has 0 fully saturated rings. The van der Waals surface area contributed by atoms with Gasteiger partial charge in [-0.25, -0.2) is 4.98 Å². The molecule has 0 spiro atoms. The molecular formula is C21H40N4. The molecule has 1 aromatic heterocycles. The van der Waals surface area contributed by atoms with Crippen molar-refractivity contribution in [2.45, 2.75) is 103 Å². The van der Waals surface area contributed by atoms with Gasteiger partial charge in [-0.2, -0.15) is 0 Å². The smallest absolute Gasteiger partial charge is 0.131 e. The first kappa shape index (κ1) is 21.6. The second-order valence-corrected chi connectivity index (χ2v) is 7.35. The first-order valence-electron chi connectivity index (χ1n) is 10.5. The molecule has 1 heterocycles. The van der Waals surface area contributed by atoms with E-state index in [0.29, 0.717) is 17.3 Å². The van der Waals surface area contributed by atoms with Crippen molar-refractivity contribution in [1.29, 1.82) is 0 Å². The fraction of sp³-hybridized carbons (Fsp3) is 0.762. The summed E-state index contributed by atoms with van der Waals surface area (Å²) in [7, 11) is 0. The van der Waals surface area contributed by atoms with Crippen molar-refractivity contribution in [2.75, 3.05) is 17.2 Å². The molecule has 0 atom stereocenters. The van der Waals surface area contributed by atoms with Crippen LogP contribution in [0.15, 0.2) is 6.07 Å². The van der Waals surface area contributed by atoms with Crippen LogP contribution in [0.25, 0.3) is 0 Å². The summed E-state index contributed by atoms with van der Waals surface area (Å²) >= 11 is 0. The summed E-state index contributed by atoms with van der Waals surface area (Å²) in [6, 6.07) is 1.70. The third-order valence-electron chi connectivity index (χ3n) is 4.99. The lowest BCUT2D eigenvalue weighted by Gasteiger charge is -2.09. The molecule has 0 saturated carbocycles. The minimum atomic E-state index is 0.403. The largest absolute Gasteiger partial charge is 0.398 e. The molecule has 0 bridgehead atoms. The fourth-order valence-electron chi connectivity index (χ4n) is 3.40.